The summed E-state index contributed by atoms with van der Waals surface area (Å²) in [5.41, 5.74) is 2.60. The highest BCUT2D eigenvalue weighted by atomic mass is 16.5. The molecule has 0 aromatic rings. The first-order valence-electron chi connectivity index (χ1n) is 5.99. The number of hydrogen-bond acceptors (Lipinski definition) is 3. The minimum absolute atomic E-state index is 0.00681. The molecule has 0 aromatic carbocycles. The second-order valence-corrected chi connectivity index (χ2v) is 4.73. The van der Waals surface area contributed by atoms with Crippen LogP contribution >= 0.6 is 0 Å². The van der Waals surface area contributed by atoms with E-state index in [2.05, 4.69) is 17.5 Å². The molecule has 1 aliphatic heterocycles. The van der Waals surface area contributed by atoms with Gasteiger partial charge < -0.3 is 10.1 Å². The van der Waals surface area contributed by atoms with Gasteiger partial charge in [0.1, 0.15) is 0 Å². The van der Waals surface area contributed by atoms with Crippen molar-refractivity contribution in [2.45, 2.75) is 39.2 Å². The van der Waals surface area contributed by atoms with Crippen LogP contribution in [-0.4, -0.2) is 18.6 Å². The maximum absolute atomic E-state index is 11.8. The van der Waals surface area contributed by atoms with E-state index in [-0.39, 0.29) is 18.0 Å². The number of esters is 1. The highest BCUT2D eigenvalue weighted by Crippen LogP contribution is 2.28. The van der Waals surface area contributed by atoms with Gasteiger partial charge in [0.2, 0.25) is 0 Å². The molecule has 3 heteroatoms. The molecule has 0 amide bonds. The maximum Gasteiger partial charge on any atom is 0.311 e. The van der Waals surface area contributed by atoms with Crippen LogP contribution in [0, 0.1) is 5.92 Å². The van der Waals surface area contributed by atoms with Gasteiger partial charge in [-0.25, -0.2) is 0 Å². The van der Waals surface area contributed by atoms with Crippen molar-refractivity contribution in [3.63, 3.8) is 0 Å². The van der Waals surface area contributed by atoms with Crippen molar-refractivity contribution in [3.8, 4) is 0 Å². The standard InChI is InChI=1S/C13H19NO2/c1-9(2)16-13(15)11-7-10-5-3-4-6-12(10)14-8-11/h4,6,9,11,14H,3,5,7-8H2,1-2H3. The van der Waals surface area contributed by atoms with Gasteiger partial charge in [0.05, 0.1) is 12.0 Å². The Labute approximate surface area is 96.6 Å². The number of allylic oxidation sites excluding steroid dienone is 3. The van der Waals surface area contributed by atoms with Gasteiger partial charge in [-0.15, -0.1) is 0 Å². The summed E-state index contributed by atoms with van der Waals surface area (Å²) < 4.78 is 5.25. The predicted molar refractivity (Wildman–Crippen MR) is 62.7 cm³/mol. The lowest BCUT2D eigenvalue weighted by atomic mass is 9.89. The van der Waals surface area contributed by atoms with E-state index < -0.39 is 0 Å². The summed E-state index contributed by atoms with van der Waals surface area (Å²) in [4.78, 5) is 11.8. The fourth-order valence-corrected chi connectivity index (χ4v) is 2.21. The zero-order valence-electron chi connectivity index (χ0n) is 9.95. The molecule has 0 saturated carbocycles. The molecular formula is C13H19NO2. The van der Waals surface area contributed by atoms with E-state index in [1.807, 2.05) is 13.8 Å². The quantitative estimate of drug-likeness (QED) is 0.726. The second-order valence-electron chi connectivity index (χ2n) is 4.73. The summed E-state index contributed by atoms with van der Waals surface area (Å²) in [6.45, 7) is 4.49. The zero-order chi connectivity index (χ0) is 11.5. The molecular weight excluding hydrogens is 202 g/mol. The SMILES string of the molecule is CC(C)OC(=O)C1CNC2=C(CCC=C2)C1. The fraction of sp³-hybridized carbons (Fsp3) is 0.615. The zero-order valence-corrected chi connectivity index (χ0v) is 9.95. The summed E-state index contributed by atoms with van der Waals surface area (Å²) in [7, 11) is 0. The predicted octanol–water partition coefficient (Wildman–Crippen LogP) is 2.15. The van der Waals surface area contributed by atoms with Crippen LogP contribution in [0.3, 0.4) is 0 Å². The lowest BCUT2D eigenvalue weighted by molar-refractivity contribution is -0.152. The minimum atomic E-state index is -0.0661. The van der Waals surface area contributed by atoms with Crippen LogP contribution in [0.1, 0.15) is 33.1 Å². The summed E-state index contributed by atoms with van der Waals surface area (Å²) in [5.74, 6) is -0.0729. The number of nitrogens with one attached hydrogen (secondary N) is 1. The molecule has 0 radical (unpaired) electrons. The van der Waals surface area contributed by atoms with Gasteiger partial charge in [0, 0.05) is 12.2 Å². The average molecular weight is 221 g/mol. The lowest BCUT2D eigenvalue weighted by Crippen LogP contribution is -2.35. The smallest absolute Gasteiger partial charge is 0.311 e. The highest BCUT2D eigenvalue weighted by Gasteiger charge is 2.27. The number of ether oxygens (including phenoxy) is 1. The normalized spacial score (nSPS) is 24.1. The molecule has 88 valence electrons. The molecule has 1 N–H and O–H groups in total. The van der Waals surface area contributed by atoms with E-state index in [0.717, 1.165) is 19.3 Å². The highest BCUT2D eigenvalue weighted by molar-refractivity contribution is 5.73. The minimum Gasteiger partial charge on any atom is -0.463 e. The Balaban J connectivity index is 1.99. The molecule has 16 heavy (non-hydrogen) atoms. The van der Waals surface area contributed by atoms with Crippen LogP contribution in [0.2, 0.25) is 0 Å². The van der Waals surface area contributed by atoms with Gasteiger partial charge >= 0.3 is 5.97 Å². The van der Waals surface area contributed by atoms with Crippen molar-refractivity contribution < 1.29 is 9.53 Å². The van der Waals surface area contributed by atoms with Crippen LogP contribution in [0.4, 0.5) is 0 Å². The molecule has 0 aromatic heterocycles. The van der Waals surface area contributed by atoms with Crippen molar-refractivity contribution in [2.24, 2.45) is 5.92 Å². The third-order valence-corrected chi connectivity index (χ3v) is 3.00. The topological polar surface area (TPSA) is 38.3 Å². The molecule has 0 saturated heterocycles. The molecule has 2 rings (SSSR count). The first-order chi connectivity index (χ1) is 7.66. The largest absolute Gasteiger partial charge is 0.463 e. The van der Waals surface area contributed by atoms with Crippen molar-refractivity contribution in [3.05, 3.63) is 23.4 Å². The van der Waals surface area contributed by atoms with Crippen molar-refractivity contribution in [1.29, 1.82) is 0 Å². The molecule has 3 nitrogen and oxygen atoms in total. The van der Waals surface area contributed by atoms with Crippen LogP contribution in [0.15, 0.2) is 23.4 Å². The second kappa shape index (κ2) is 4.73. The molecule has 0 bridgehead atoms. The maximum atomic E-state index is 11.8. The Morgan fingerprint density at radius 3 is 3.12 bits per heavy atom. The monoisotopic (exact) mass is 221 g/mol. The van der Waals surface area contributed by atoms with Gasteiger partial charge in [0.25, 0.3) is 0 Å². The Morgan fingerprint density at radius 2 is 2.38 bits per heavy atom. The Hall–Kier alpha value is -1.25. The van der Waals surface area contributed by atoms with Crippen molar-refractivity contribution in [2.75, 3.05) is 6.54 Å². The van der Waals surface area contributed by atoms with Crippen molar-refractivity contribution in [1.82, 2.24) is 5.32 Å². The van der Waals surface area contributed by atoms with Gasteiger partial charge in [0.15, 0.2) is 0 Å². The third kappa shape index (κ3) is 2.46. The van der Waals surface area contributed by atoms with Gasteiger partial charge in [-0.1, -0.05) is 6.08 Å². The van der Waals surface area contributed by atoms with E-state index in [1.165, 1.54) is 11.3 Å². The van der Waals surface area contributed by atoms with Crippen LogP contribution in [0.5, 0.6) is 0 Å². The van der Waals surface area contributed by atoms with E-state index in [4.69, 9.17) is 4.74 Å². The van der Waals surface area contributed by atoms with Gasteiger partial charge in [-0.3, -0.25) is 4.79 Å². The van der Waals surface area contributed by atoms with Gasteiger partial charge in [-0.2, -0.15) is 0 Å². The Kier molecular flexibility index (Phi) is 3.32. The fourth-order valence-electron chi connectivity index (χ4n) is 2.21. The first-order valence-corrected chi connectivity index (χ1v) is 5.99. The summed E-state index contributed by atoms with van der Waals surface area (Å²) in [6.07, 6.45) is 7.31. The lowest BCUT2D eigenvalue weighted by Gasteiger charge is -2.28. The Morgan fingerprint density at radius 1 is 1.56 bits per heavy atom. The number of hydrogen-bond donors (Lipinski definition) is 1. The molecule has 1 heterocycles. The molecule has 1 unspecified atom stereocenters. The number of carbonyl (C=O) groups excluding carboxylic acids is 1. The Bertz CT molecular complexity index is 342. The average Bonchev–Trinajstić information content (AvgIpc) is 2.27. The van der Waals surface area contributed by atoms with E-state index in [9.17, 15) is 4.79 Å². The number of carbonyl (C=O) groups is 1. The van der Waals surface area contributed by atoms with Crippen LogP contribution < -0.4 is 5.32 Å². The van der Waals surface area contributed by atoms with E-state index in [0.29, 0.717) is 6.54 Å². The van der Waals surface area contributed by atoms with E-state index >= 15 is 0 Å². The summed E-state index contributed by atoms with van der Waals surface area (Å²) in [5, 5.41) is 3.32. The molecule has 1 atom stereocenters. The molecule has 2 aliphatic rings. The molecule has 1 aliphatic carbocycles. The van der Waals surface area contributed by atoms with E-state index in [1.54, 1.807) is 0 Å². The van der Waals surface area contributed by atoms with Crippen LogP contribution in [0.25, 0.3) is 0 Å². The number of rotatable bonds is 2. The summed E-state index contributed by atoms with van der Waals surface area (Å²) >= 11 is 0. The summed E-state index contributed by atoms with van der Waals surface area (Å²) in [6, 6.07) is 0. The molecule has 0 fully saturated rings. The van der Waals surface area contributed by atoms with Gasteiger partial charge in [-0.05, 0) is 44.8 Å². The first kappa shape index (κ1) is 11.2. The van der Waals surface area contributed by atoms with Crippen molar-refractivity contribution >= 4 is 5.97 Å². The van der Waals surface area contributed by atoms with Crippen LogP contribution in [-0.2, 0) is 9.53 Å². The molecule has 0 spiro atoms. The third-order valence-electron chi connectivity index (χ3n) is 3.00.